The number of rotatable bonds is 7. The third-order valence-electron chi connectivity index (χ3n) is 4.53. The highest BCUT2D eigenvalue weighted by molar-refractivity contribution is 7.92. The zero-order valence-electron chi connectivity index (χ0n) is 15.7. The normalized spacial score (nSPS) is 13.8. The van der Waals surface area contributed by atoms with Gasteiger partial charge >= 0.3 is 0 Å². The summed E-state index contributed by atoms with van der Waals surface area (Å²) in [5, 5.41) is 6.02. The lowest BCUT2D eigenvalue weighted by Gasteiger charge is -2.27. The van der Waals surface area contributed by atoms with Crippen LogP contribution in [0.4, 0.5) is 5.69 Å². The Morgan fingerprint density at radius 1 is 1.21 bits per heavy atom. The van der Waals surface area contributed by atoms with E-state index in [9.17, 15) is 13.2 Å². The largest absolute Gasteiger partial charge is 0.495 e. The van der Waals surface area contributed by atoms with Gasteiger partial charge in [-0.15, -0.1) is 12.4 Å². The van der Waals surface area contributed by atoms with Crippen LogP contribution in [0.15, 0.2) is 47.4 Å². The lowest BCUT2D eigenvalue weighted by Crippen LogP contribution is -2.48. The molecular weight excluding hydrogens is 402 g/mol. The molecule has 1 amide bonds. The van der Waals surface area contributed by atoms with Gasteiger partial charge in [-0.05, 0) is 36.8 Å². The van der Waals surface area contributed by atoms with Crippen LogP contribution in [0.3, 0.4) is 0 Å². The number of carbonyl (C=O) groups excluding carboxylic acids is 1. The number of para-hydroxylation sites is 2. The number of hydrogen-bond donors (Lipinski definition) is 3. The fourth-order valence-corrected chi connectivity index (χ4v) is 3.87. The number of carbonyl (C=O) groups is 1. The molecule has 1 heterocycles. The van der Waals surface area contributed by atoms with Crippen molar-refractivity contribution in [2.75, 3.05) is 31.5 Å². The van der Waals surface area contributed by atoms with Crippen LogP contribution >= 0.6 is 12.4 Å². The smallest absolute Gasteiger partial charge is 0.262 e. The van der Waals surface area contributed by atoms with Gasteiger partial charge < -0.3 is 15.4 Å². The predicted octanol–water partition coefficient (Wildman–Crippen LogP) is 2.18. The van der Waals surface area contributed by atoms with Crippen molar-refractivity contribution in [2.45, 2.75) is 11.8 Å². The average molecular weight is 426 g/mol. The topological polar surface area (TPSA) is 96.5 Å². The summed E-state index contributed by atoms with van der Waals surface area (Å²) < 4.78 is 33.2. The number of hydrogen-bond acceptors (Lipinski definition) is 5. The molecule has 0 unspecified atom stereocenters. The number of halogens is 1. The molecule has 28 heavy (non-hydrogen) atoms. The van der Waals surface area contributed by atoms with E-state index in [4.69, 9.17) is 4.74 Å². The van der Waals surface area contributed by atoms with E-state index in [1.54, 1.807) is 37.3 Å². The van der Waals surface area contributed by atoms with Gasteiger partial charge in [0.05, 0.1) is 17.7 Å². The van der Waals surface area contributed by atoms with E-state index in [0.29, 0.717) is 29.5 Å². The number of ether oxygens (including phenoxy) is 1. The van der Waals surface area contributed by atoms with E-state index in [0.717, 1.165) is 18.7 Å². The number of methoxy groups -OCH3 is 1. The monoisotopic (exact) mass is 425 g/mol. The molecule has 1 aliphatic heterocycles. The first-order valence-corrected chi connectivity index (χ1v) is 10.1. The molecule has 3 N–H and O–H groups in total. The van der Waals surface area contributed by atoms with Gasteiger partial charge in [0.15, 0.2) is 0 Å². The summed E-state index contributed by atoms with van der Waals surface area (Å²) in [6.07, 6.45) is 0. The van der Waals surface area contributed by atoms with Gasteiger partial charge in [-0.25, -0.2) is 8.42 Å². The highest BCUT2D eigenvalue weighted by Gasteiger charge is 2.21. The van der Waals surface area contributed by atoms with Crippen LogP contribution in [0, 0.1) is 12.8 Å². The average Bonchev–Trinajstić information content (AvgIpc) is 2.60. The van der Waals surface area contributed by atoms with Crippen molar-refractivity contribution in [2.24, 2.45) is 5.92 Å². The van der Waals surface area contributed by atoms with Gasteiger partial charge in [0.2, 0.25) is 0 Å². The summed E-state index contributed by atoms with van der Waals surface area (Å²) in [7, 11) is -2.39. The second-order valence-electron chi connectivity index (χ2n) is 6.52. The van der Waals surface area contributed by atoms with Crippen LogP contribution in [0.5, 0.6) is 5.75 Å². The minimum atomic E-state index is -3.86. The molecule has 1 saturated heterocycles. The Morgan fingerprint density at radius 3 is 2.57 bits per heavy atom. The maximum Gasteiger partial charge on any atom is 0.262 e. The molecule has 3 rings (SSSR count). The molecule has 0 aliphatic carbocycles. The van der Waals surface area contributed by atoms with Crippen molar-refractivity contribution in [3.05, 3.63) is 53.6 Å². The predicted molar refractivity (Wildman–Crippen MR) is 111 cm³/mol. The van der Waals surface area contributed by atoms with Crippen LogP contribution in [0.2, 0.25) is 0 Å². The molecule has 1 aliphatic rings. The number of benzene rings is 2. The lowest BCUT2D eigenvalue weighted by atomic mass is 10.0. The summed E-state index contributed by atoms with van der Waals surface area (Å²) >= 11 is 0. The maximum atomic E-state index is 12.8. The van der Waals surface area contributed by atoms with E-state index in [-0.39, 0.29) is 23.2 Å². The summed E-state index contributed by atoms with van der Waals surface area (Å²) in [6, 6.07) is 11.3. The third kappa shape index (κ3) is 4.95. The van der Waals surface area contributed by atoms with Gasteiger partial charge in [0, 0.05) is 31.1 Å². The van der Waals surface area contributed by atoms with Gasteiger partial charge in [-0.2, -0.15) is 0 Å². The van der Waals surface area contributed by atoms with Gasteiger partial charge in [-0.3, -0.25) is 9.52 Å². The molecule has 0 spiro atoms. The molecule has 1 fully saturated rings. The number of sulfonamides is 1. The second kappa shape index (κ2) is 9.27. The van der Waals surface area contributed by atoms with Crippen molar-refractivity contribution >= 4 is 34.0 Å². The molecular formula is C19H24ClN3O4S. The van der Waals surface area contributed by atoms with Crippen LogP contribution in [0.1, 0.15) is 15.9 Å². The molecule has 9 heteroatoms. The van der Waals surface area contributed by atoms with Crippen molar-refractivity contribution in [1.29, 1.82) is 0 Å². The maximum absolute atomic E-state index is 12.8. The molecule has 0 bridgehead atoms. The van der Waals surface area contributed by atoms with E-state index < -0.39 is 10.0 Å². The van der Waals surface area contributed by atoms with Crippen molar-refractivity contribution < 1.29 is 17.9 Å². The highest BCUT2D eigenvalue weighted by Crippen LogP contribution is 2.26. The Bertz CT molecular complexity index is 946. The highest BCUT2D eigenvalue weighted by atomic mass is 35.5. The van der Waals surface area contributed by atoms with Crippen molar-refractivity contribution in [3.63, 3.8) is 0 Å². The molecule has 0 saturated carbocycles. The second-order valence-corrected chi connectivity index (χ2v) is 8.20. The number of amides is 1. The molecule has 0 aromatic heterocycles. The van der Waals surface area contributed by atoms with Crippen molar-refractivity contribution in [3.8, 4) is 5.75 Å². The van der Waals surface area contributed by atoms with E-state index >= 15 is 0 Å². The number of anilines is 1. The zero-order chi connectivity index (χ0) is 19.4. The zero-order valence-corrected chi connectivity index (χ0v) is 17.3. The molecule has 0 radical (unpaired) electrons. The Hall–Kier alpha value is -2.29. The Morgan fingerprint density at radius 2 is 1.93 bits per heavy atom. The van der Waals surface area contributed by atoms with Crippen molar-refractivity contribution in [1.82, 2.24) is 10.6 Å². The molecule has 2 aromatic carbocycles. The summed E-state index contributed by atoms with van der Waals surface area (Å²) in [5.74, 6) is 0.572. The minimum Gasteiger partial charge on any atom is -0.495 e. The van der Waals surface area contributed by atoms with Crippen LogP contribution < -0.4 is 20.1 Å². The van der Waals surface area contributed by atoms with Crippen LogP contribution in [0.25, 0.3) is 0 Å². The summed E-state index contributed by atoms with van der Waals surface area (Å²) in [5.41, 5.74) is 1.41. The first-order chi connectivity index (χ1) is 12.9. The molecule has 7 nitrogen and oxygen atoms in total. The Kier molecular flexibility index (Phi) is 7.29. The minimum absolute atomic E-state index is 0. The van der Waals surface area contributed by atoms with Gasteiger partial charge in [0.25, 0.3) is 15.9 Å². The third-order valence-corrected chi connectivity index (χ3v) is 5.90. The summed E-state index contributed by atoms with van der Waals surface area (Å²) in [6.45, 7) is 4.12. The molecule has 152 valence electrons. The van der Waals surface area contributed by atoms with E-state index in [2.05, 4.69) is 15.4 Å². The quantitative estimate of drug-likeness (QED) is 0.631. The SMILES string of the molecule is COc1ccccc1NS(=O)(=O)c1ccc(C)c(C(=O)NCC2CNC2)c1.Cl. The first-order valence-electron chi connectivity index (χ1n) is 8.66. The van der Waals surface area contributed by atoms with Crippen LogP contribution in [-0.4, -0.2) is 41.1 Å². The van der Waals surface area contributed by atoms with Gasteiger partial charge in [0.1, 0.15) is 5.75 Å². The Labute approximate surface area is 171 Å². The molecule has 0 atom stereocenters. The lowest BCUT2D eigenvalue weighted by molar-refractivity contribution is 0.0941. The fourth-order valence-electron chi connectivity index (χ4n) is 2.77. The van der Waals surface area contributed by atoms with E-state index in [1.807, 2.05) is 0 Å². The number of nitrogens with one attached hydrogen (secondary N) is 3. The van der Waals surface area contributed by atoms with E-state index in [1.165, 1.54) is 19.2 Å². The van der Waals surface area contributed by atoms with Crippen LogP contribution in [-0.2, 0) is 10.0 Å². The summed E-state index contributed by atoms with van der Waals surface area (Å²) in [4.78, 5) is 12.5. The van der Waals surface area contributed by atoms with Gasteiger partial charge in [-0.1, -0.05) is 18.2 Å². The standard InChI is InChI=1S/C19H23N3O4S.ClH/c1-13-7-8-15(9-16(13)19(23)21-12-14-10-20-11-14)27(24,25)22-17-5-3-4-6-18(17)26-2;/h3-9,14,20,22H,10-12H2,1-2H3,(H,21,23);1H. The first kappa shape index (κ1) is 22.0. The fraction of sp³-hybridized carbons (Fsp3) is 0.316. The number of aryl methyl sites for hydroxylation is 1. The Balaban J connectivity index is 0.00000280. The molecule has 2 aromatic rings.